The van der Waals surface area contributed by atoms with Crippen LogP contribution in [-0.2, 0) is 19.3 Å². The molecular formula is C33H36O3. The van der Waals surface area contributed by atoms with Gasteiger partial charge in [0.1, 0.15) is 17.2 Å². The molecular weight excluding hydrogens is 444 g/mol. The van der Waals surface area contributed by atoms with Crippen molar-refractivity contribution in [1.82, 2.24) is 0 Å². The Kier molecular flexibility index (Phi) is 8.00. The third kappa shape index (κ3) is 5.57. The van der Waals surface area contributed by atoms with Gasteiger partial charge in [0.2, 0.25) is 0 Å². The molecule has 0 N–H and O–H groups in total. The van der Waals surface area contributed by atoms with Gasteiger partial charge in [-0.2, -0.15) is 0 Å². The van der Waals surface area contributed by atoms with Gasteiger partial charge in [-0.1, -0.05) is 89.5 Å². The molecule has 4 aromatic carbocycles. The van der Waals surface area contributed by atoms with Crippen molar-refractivity contribution < 1.29 is 14.2 Å². The Hall–Kier alpha value is -3.72. The summed E-state index contributed by atoms with van der Waals surface area (Å²) >= 11 is 0. The van der Waals surface area contributed by atoms with Crippen LogP contribution in [0.25, 0.3) is 0 Å². The molecule has 0 saturated heterocycles. The van der Waals surface area contributed by atoms with E-state index in [0.717, 1.165) is 33.9 Å². The van der Waals surface area contributed by atoms with E-state index in [2.05, 4.69) is 93.6 Å². The van der Waals surface area contributed by atoms with Crippen LogP contribution in [0.3, 0.4) is 0 Å². The minimum Gasteiger partial charge on any atom is -0.496 e. The largest absolute Gasteiger partial charge is 0.496 e. The fourth-order valence-electron chi connectivity index (χ4n) is 4.81. The van der Waals surface area contributed by atoms with E-state index in [1.54, 1.807) is 21.3 Å². The Bertz CT molecular complexity index is 1110. The molecule has 4 rings (SSSR count). The molecule has 0 fully saturated rings. The molecule has 0 aromatic heterocycles. The van der Waals surface area contributed by atoms with Crippen LogP contribution in [0.2, 0.25) is 0 Å². The lowest BCUT2D eigenvalue weighted by molar-refractivity contribution is 0.359. The van der Waals surface area contributed by atoms with Crippen molar-refractivity contribution >= 4 is 0 Å². The molecule has 0 saturated carbocycles. The van der Waals surface area contributed by atoms with E-state index in [1.807, 2.05) is 0 Å². The van der Waals surface area contributed by atoms with Crippen LogP contribution in [0, 0.1) is 20.8 Å². The van der Waals surface area contributed by atoms with Gasteiger partial charge in [-0.15, -0.1) is 0 Å². The van der Waals surface area contributed by atoms with E-state index in [-0.39, 0.29) is 0 Å². The van der Waals surface area contributed by atoms with Crippen LogP contribution in [-0.4, -0.2) is 21.3 Å². The Morgan fingerprint density at radius 1 is 0.389 bits per heavy atom. The second-order valence-corrected chi connectivity index (χ2v) is 9.52. The molecule has 0 aliphatic carbocycles. The Balaban J connectivity index is 1.93. The summed E-state index contributed by atoms with van der Waals surface area (Å²) in [7, 11) is 5.22. The van der Waals surface area contributed by atoms with E-state index in [4.69, 9.17) is 14.2 Å². The molecule has 36 heavy (non-hydrogen) atoms. The van der Waals surface area contributed by atoms with Gasteiger partial charge in [0.25, 0.3) is 0 Å². The number of hydrogen-bond donors (Lipinski definition) is 0. The average molecular weight is 481 g/mol. The smallest absolute Gasteiger partial charge is 0.133 e. The summed E-state index contributed by atoms with van der Waals surface area (Å²) in [6.45, 7) is 6.33. The first-order valence-corrected chi connectivity index (χ1v) is 12.4. The van der Waals surface area contributed by atoms with Crippen molar-refractivity contribution in [2.75, 3.05) is 21.3 Å². The predicted molar refractivity (Wildman–Crippen MR) is 148 cm³/mol. The summed E-state index contributed by atoms with van der Waals surface area (Å²) < 4.78 is 18.3. The van der Waals surface area contributed by atoms with Crippen LogP contribution in [0.4, 0.5) is 0 Å². The number of methoxy groups -OCH3 is 3. The number of ether oxygens (including phenoxy) is 3. The predicted octanol–water partition coefficient (Wildman–Crippen LogP) is 7.41. The maximum atomic E-state index is 6.11. The molecule has 0 radical (unpaired) electrons. The summed E-state index contributed by atoms with van der Waals surface area (Å²) in [6.07, 6.45) is 2.12. The van der Waals surface area contributed by atoms with Crippen LogP contribution in [0.15, 0.2) is 72.8 Å². The van der Waals surface area contributed by atoms with Gasteiger partial charge in [-0.05, 0) is 37.5 Å². The number of rotatable bonds is 9. The third-order valence-electron chi connectivity index (χ3n) is 6.76. The van der Waals surface area contributed by atoms with Gasteiger partial charge in [-0.3, -0.25) is 0 Å². The van der Waals surface area contributed by atoms with E-state index in [1.165, 1.54) is 33.4 Å². The molecule has 0 aliphatic rings. The highest BCUT2D eigenvalue weighted by Crippen LogP contribution is 2.46. The summed E-state index contributed by atoms with van der Waals surface area (Å²) in [5.74, 6) is 2.49. The summed E-state index contributed by atoms with van der Waals surface area (Å²) in [5.41, 5.74) is 10.5. The lowest BCUT2D eigenvalue weighted by Crippen LogP contribution is -2.10. The van der Waals surface area contributed by atoms with Gasteiger partial charge < -0.3 is 14.2 Å². The zero-order valence-electron chi connectivity index (χ0n) is 22.3. The topological polar surface area (TPSA) is 27.7 Å². The maximum Gasteiger partial charge on any atom is 0.133 e. The van der Waals surface area contributed by atoms with E-state index in [9.17, 15) is 0 Å². The standard InChI is InChI=1S/C33H36O3/c1-22-7-13-25(14-8-22)19-28-31(34-4)29(20-26-15-9-23(2)10-16-26)33(36-6)30(32(28)35-5)21-27-17-11-24(3)12-18-27/h7-18H,19-21H2,1-6H3. The van der Waals surface area contributed by atoms with Crippen LogP contribution >= 0.6 is 0 Å². The van der Waals surface area contributed by atoms with E-state index in [0.29, 0.717) is 19.3 Å². The fourth-order valence-corrected chi connectivity index (χ4v) is 4.81. The number of aryl methyl sites for hydroxylation is 3. The molecule has 0 amide bonds. The summed E-state index contributed by atoms with van der Waals surface area (Å²) in [5, 5.41) is 0. The van der Waals surface area contributed by atoms with Gasteiger partial charge in [-0.25, -0.2) is 0 Å². The Morgan fingerprint density at radius 2 is 0.611 bits per heavy atom. The van der Waals surface area contributed by atoms with E-state index >= 15 is 0 Å². The van der Waals surface area contributed by atoms with Crippen LogP contribution < -0.4 is 14.2 Å². The van der Waals surface area contributed by atoms with Crippen molar-refractivity contribution in [3.8, 4) is 17.2 Å². The monoisotopic (exact) mass is 480 g/mol. The molecule has 186 valence electrons. The zero-order valence-corrected chi connectivity index (χ0v) is 22.3. The van der Waals surface area contributed by atoms with Crippen molar-refractivity contribution in [2.45, 2.75) is 40.0 Å². The van der Waals surface area contributed by atoms with Crippen LogP contribution in [0.1, 0.15) is 50.1 Å². The molecule has 0 atom stereocenters. The first kappa shape index (κ1) is 25.4. The summed E-state index contributed by atoms with van der Waals surface area (Å²) in [4.78, 5) is 0. The quantitative estimate of drug-likeness (QED) is 0.250. The van der Waals surface area contributed by atoms with Crippen molar-refractivity contribution in [1.29, 1.82) is 0 Å². The van der Waals surface area contributed by atoms with Gasteiger partial charge >= 0.3 is 0 Å². The molecule has 0 heterocycles. The molecule has 0 unspecified atom stereocenters. The lowest BCUT2D eigenvalue weighted by Gasteiger charge is -2.25. The third-order valence-corrected chi connectivity index (χ3v) is 6.76. The highest BCUT2D eigenvalue weighted by molar-refractivity contribution is 5.65. The first-order valence-electron chi connectivity index (χ1n) is 12.4. The minimum atomic E-state index is 0.707. The molecule has 0 bridgehead atoms. The average Bonchev–Trinajstić information content (AvgIpc) is 2.88. The highest BCUT2D eigenvalue weighted by atomic mass is 16.5. The minimum absolute atomic E-state index is 0.707. The van der Waals surface area contributed by atoms with Crippen molar-refractivity contribution in [2.24, 2.45) is 0 Å². The highest BCUT2D eigenvalue weighted by Gasteiger charge is 2.27. The summed E-state index contributed by atoms with van der Waals surface area (Å²) in [6, 6.07) is 26.0. The second kappa shape index (κ2) is 11.3. The SMILES string of the molecule is COc1c(Cc2ccc(C)cc2)c(OC)c(Cc2ccc(C)cc2)c(OC)c1Cc1ccc(C)cc1. The lowest BCUT2D eigenvalue weighted by atomic mass is 9.89. The number of hydrogen-bond acceptors (Lipinski definition) is 3. The number of benzene rings is 4. The second-order valence-electron chi connectivity index (χ2n) is 9.52. The normalized spacial score (nSPS) is 10.8. The molecule has 3 nitrogen and oxygen atoms in total. The molecule has 0 spiro atoms. The molecule has 3 heteroatoms. The first-order chi connectivity index (χ1) is 17.4. The van der Waals surface area contributed by atoms with E-state index < -0.39 is 0 Å². The fraction of sp³-hybridized carbons (Fsp3) is 0.273. The van der Waals surface area contributed by atoms with Crippen molar-refractivity contribution in [3.63, 3.8) is 0 Å². The van der Waals surface area contributed by atoms with Crippen LogP contribution in [0.5, 0.6) is 17.2 Å². The molecule has 0 aliphatic heterocycles. The van der Waals surface area contributed by atoms with Gasteiger partial charge in [0.15, 0.2) is 0 Å². The molecule has 4 aromatic rings. The zero-order chi connectivity index (χ0) is 25.7. The maximum absolute atomic E-state index is 6.11. The Labute approximate surface area is 215 Å². The van der Waals surface area contributed by atoms with Crippen molar-refractivity contribution in [3.05, 3.63) is 123 Å². The van der Waals surface area contributed by atoms with Gasteiger partial charge in [0, 0.05) is 36.0 Å². The van der Waals surface area contributed by atoms with Gasteiger partial charge in [0.05, 0.1) is 21.3 Å². The Morgan fingerprint density at radius 3 is 0.806 bits per heavy atom.